The maximum Gasteiger partial charge on any atom is 0.339 e. The molecule has 1 atom stereocenters. The first-order valence-electron chi connectivity index (χ1n) is 5.28. The summed E-state index contributed by atoms with van der Waals surface area (Å²) in [5.41, 5.74) is 5.17. The fourth-order valence-corrected chi connectivity index (χ4v) is 3.49. The summed E-state index contributed by atoms with van der Waals surface area (Å²) in [7, 11) is 0. The second-order valence-electron chi connectivity index (χ2n) is 3.93. The zero-order valence-electron chi connectivity index (χ0n) is 8.73. The van der Waals surface area contributed by atoms with Gasteiger partial charge >= 0.3 is 6.03 Å². The maximum atomic E-state index is 11.8. The van der Waals surface area contributed by atoms with Crippen molar-refractivity contribution in [2.24, 2.45) is 0 Å². The van der Waals surface area contributed by atoms with Crippen LogP contribution in [0.2, 0.25) is 0 Å². The lowest BCUT2D eigenvalue weighted by Crippen LogP contribution is -2.50. The van der Waals surface area contributed by atoms with Gasteiger partial charge in [-0.3, -0.25) is 4.98 Å². The number of nitrogens with zero attached hydrogens (tertiary/aromatic N) is 2. The fourth-order valence-electron chi connectivity index (χ4n) is 2.29. The first-order chi connectivity index (χ1) is 8.34. The van der Waals surface area contributed by atoms with Gasteiger partial charge in [-0.05, 0) is 6.07 Å². The number of hydrogen-bond donors (Lipinski definition) is 3. The van der Waals surface area contributed by atoms with Gasteiger partial charge in [-0.25, -0.2) is 15.2 Å². The number of fused-ring (bicyclic) bond motifs is 4. The molecule has 4 rings (SSSR count). The second kappa shape index (κ2) is 3.14. The molecule has 7 heteroatoms. The smallest absolute Gasteiger partial charge is 0.339 e. The van der Waals surface area contributed by atoms with Gasteiger partial charge in [-0.15, -0.1) is 0 Å². The highest BCUT2D eigenvalue weighted by molar-refractivity contribution is 8.00. The summed E-state index contributed by atoms with van der Waals surface area (Å²) in [6.07, 6.45) is 3.62. The molecule has 4 heterocycles. The SMILES string of the molecule is O=C1NC2Sc3ccncc3C2=C2NCNN12. The Morgan fingerprint density at radius 3 is 3.41 bits per heavy atom. The number of aromatic nitrogens is 1. The number of amides is 2. The average molecular weight is 247 g/mol. The molecule has 0 spiro atoms. The van der Waals surface area contributed by atoms with E-state index in [-0.39, 0.29) is 11.4 Å². The largest absolute Gasteiger partial charge is 0.356 e. The molecule has 1 fully saturated rings. The van der Waals surface area contributed by atoms with E-state index in [9.17, 15) is 4.79 Å². The molecule has 0 bridgehead atoms. The Morgan fingerprint density at radius 1 is 1.53 bits per heavy atom. The average Bonchev–Trinajstić information content (AvgIpc) is 2.90. The highest BCUT2D eigenvalue weighted by Crippen LogP contribution is 2.46. The van der Waals surface area contributed by atoms with Crippen LogP contribution in [0.15, 0.2) is 29.2 Å². The van der Waals surface area contributed by atoms with Crippen LogP contribution in [0.4, 0.5) is 4.79 Å². The number of carbonyl (C=O) groups is 1. The molecule has 1 saturated heterocycles. The van der Waals surface area contributed by atoms with Crippen LogP contribution in [0.5, 0.6) is 0 Å². The molecule has 0 aromatic carbocycles. The molecule has 1 aromatic heterocycles. The Hall–Kier alpha value is -1.73. The van der Waals surface area contributed by atoms with Crippen LogP contribution in [0.25, 0.3) is 5.57 Å². The minimum absolute atomic E-state index is 0.0136. The third-order valence-corrected chi connectivity index (χ3v) is 4.21. The molecule has 3 N–H and O–H groups in total. The van der Waals surface area contributed by atoms with Gasteiger partial charge in [0.25, 0.3) is 0 Å². The lowest BCUT2D eigenvalue weighted by atomic mass is 10.1. The van der Waals surface area contributed by atoms with Crippen molar-refractivity contribution >= 4 is 23.4 Å². The van der Waals surface area contributed by atoms with Crippen LogP contribution >= 0.6 is 11.8 Å². The monoisotopic (exact) mass is 247 g/mol. The summed E-state index contributed by atoms with van der Waals surface area (Å²) in [5, 5.41) is 7.66. The van der Waals surface area contributed by atoms with E-state index < -0.39 is 0 Å². The number of rotatable bonds is 0. The first kappa shape index (κ1) is 9.32. The van der Waals surface area contributed by atoms with Crippen molar-refractivity contribution in [3.63, 3.8) is 0 Å². The molecule has 17 heavy (non-hydrogen) atoms. The third-order valence-electron chi connectivity index (χ3n) is 3.01. The van der Waals surface area contributed by atoms with Gasteiger partial charge in [-0.2, -0.15) is 0 Å². The van der Waals surface area contributed by atoms with Crippen molar-refractivity contribution in [1.29, 1.82) is 0 Å². The van der Waals surface area contributed by atoms with Gasteiger partial charge in [0.1, 0.15) is 11.2 Å². The fraction of sp³-hybridized carbons (Fsp3) is 0.200. The number of pyridine rings is 1. The maximum absolute atomic E-state index is 11.8. The molecule has 86 valence electrons. The molecule has 3 aliphatic heterocycles. The van der Waals surface area contributed by atoms with Gasteiger partial charge in [-0.1, -0.05) is 11.8 Å². The summed E-state index contributed by atoms with van der Waals surface area (Å²) in [4.78, 5) is 17.1. The summed E-state index contributed by atoms with van der Waals surface area (Å²) in [6.45, 7) is 0.569. The highest BCUT2D eigenvalue weighted by atomic mass is 32.2. The Morgan fingerprint density at radius 2 is 2.47 bits per heavy atom. The number of hydrogen-bond acceptors (Lipinski definition) is 5. The predicted molar refractivity (Wildman–Crippen MR) is 62.3 cm³/mol. The lowest BCUT2D eigenvalue weighted by Gasteiger charge is -2.28. The normalized spacial score (nSPS) is 25.1. The summed E-state index contributed by atoms with van der Waals surface area (Å²) in [5.74, 6) is 0.845. The minimum Gasteiger partial charge on any atom is -0.356 e. The standard InChI is InChI=1S/C10H9N5OS/c16-10-14-9-7(8-12-4-13-15(8)10)5-3-11-2-1-6(5)17-9/h1-3,9,12-13H,4H2,(H,14,16). The molecular weight excluding hydrogens is 238 g/mol. The van der Waals surface area contributed by atoms with Gasteiger partial charge in [0, 0.05) is 28.4 Å². The highest BCUT2D eigenvalue weighted by Gasteiger charge is 2.41. The van der Waals surface area contributed by atoms with E-state index in [0.717, 1.165) is 21.9 Å². The summed E-state index contributed by atoms with van der Waals surface area (Å²) < 4.78 is 0. The van der Waals surface area contributed by atoms with E-state index in [4.69, 9.17) is 0 Å². The van der Waals surface area contributed by atoms with Crippen LogP contribution in [0.1, 0.15) is 5.56 Å². The van der Waals surface area contributed by atoms with Crippen molar-refractivity contribution in [3.8, 4) is 0 Å². The number of nitrogens with one attached hydrogen (secondary N) is 3. The molecule has 6 nitrogen and oxygen atoms in total. The predicted octanol–water partition coefficient (Wildman–Crippen LogP) is 0.272. The Bertz CT molecular complexity index is 557. The van der Waals surface area contributed by atoms with Crippen LogP contribution in [0, 0.1) is 0 Å². The van der Waals surface area contributed by atoms with E-state index >= 15 is 0 Å². The van der Waals surface area contributed by atoms with Crippen LogP contribution in [-0.2, 0) is 0 Å². The number of carbonyl (C=O) groups excluding carboxylic acids is 1. The second-order valence-corrected chi connectivity index (χ2v) is 5.08. The molecule has 2 amide bonds. The molecule has 0 saturated carbocycles. The van der Waals surface area contributed by atoms with Crippen LogP contribution in [0.3, 0.4) is 0 Å². The molecule has 1 unspecified atom stereocenters. The third kappa shape index (κ3) is 1.15. The Balaban J connectivity index is 1.95. The van der Waals surface area contributed by atoms with Gasteiger partial charge in [0.05, 0.1) is 6.67 Å². The first-order valence-corrected chi connectivity index (χ1v) is 6.16. The number of urea groups is 1. The molecule has 3 aliphatic rings. The Kier molecular flexibility index (Phi) is 1.72. The van der Waals surface area contributed by atoms with E-state index in [0.29, 0.717) is 6.67 Å². The molecule has 0 aliphatic carbocycles. The van der Waals surface area contributed by atoms with Gasteiger partial charge in [0.15, 0.2) is 0 Å². The molecular formula is C10H9N5OS. The van der Waals surface area contributed by atoms with Crippen LogP contribution < -0.4 is 16.1 Å². The van der Waals surface area contributed by atoms with E-state index in [1.807, 2.05) is 12.3 Å². The zero-order chi connectivity index (χ0) is 11.4. The van der Waals surface area contributed by atoms with Crippen molar-refractivity contribution < 1.29 is 4.79 Å². The Labute approximate surface area is 101 Å². The topological polar surface area (TPSA) is 69.3 Å². The van der Waals surface area contributed by atoms with Crippen molar-refractivity contribution in [2.45, 2.75) is 10.3 Å². The quantitative estimate of drug-likeness (QED) is 0.614. The van der Waals surface area contributed by atoms with Crippen molar-refractivity contribution in [1.82, 2.24) is 26.1 Å². The van der Waals surface area contributed by atoms with Crippen molar-refractivity contribution in [2.75, 3.05) is 6.67 Å². The zero-order valence-corrected chi connectivity index (χ0v) is 9.54. The summed E-state index contributed by atoms with van der Waals surface area (Å²) >= 11 is 1.65. The van der Waals surface area contributed by atoms with E-state index in [1.165, 1.54) is 5.01 Å². The van der Waals surface area contributed by atoms with E-state index in [1.54, 1.807) is 18.0 Å². The van der Waals surface area contributed by atoms with E-state index in [2.05, 4.69) is 21.0 Å². The molecule has 1 aromatic rings. The number of thioether (sulfide) groups is 1. The number of hydrazine groups is 1. The van der Waals surface area contributed by atoms with Crippen molar-refractivity contribution in [3.05, 3.63) is 29.8 Å². The molecule has 0 radical (unpaired) electrons. The van der Waals surface area contributed by atoms with Gasteiger partial charge < -0.3 is 10.6 Å². The lowest BCUT2D eigenvalue weighted by molar-refractivity contribution is 0.200. The summed E-state index contributed by atoms with van der Waals surface area (Å²) in [6, 6.07) is 1.86. The van der Waals surface area contributed by atoms with Gasteiger partial charge in [0.2, 0.25) is 0 Å². The minimum atomic E-state index is -0.119. The van der Waals surface area contributed by atoms with Crippen LogP contribution in [-0.4, -0.2) is 28.1 Å².